The number of halogens is 3. The number of aliphatic hydroxyl groups is 1. The molecule has 1 aromatic rings. The number of ether oxygens (including phenoxy) is 4. The fraction of sp³-hybridized carbons (Fsp3) is 0.633. The van der Waals surface area contributed by atoms with Crippen molar-refractivity contribution in [2.24, 2.45) is 22.7 Å². The Kier molecular flexibility index (Phi) is 6.96. The highest BCUT2D eigenvalue weighted by Gasteiger charge is 2.80. The molecule has 8 unspecified atom stereocenters. The van der Waals surface area contributed by atoms with Crippen LogP contribution in [0.4, 0.5) is 18.0 Å². The van der Waals surface area contributed by atoms with E-state index in [0.29, 0.717) is 10.8 Å². The highest BCUT2D eigenvalue weighted by molar-refractivity contribution is 5.94. The molecule has 1 aliphatic heterocycles. The van der Waals surface area contributed by atoms with Gasteiger partial charge < -0.3 is 24.1 Å². The van der Waals surface area contributed by atoms with Gasteiger partial charge in [-0.15, -0.1) is 0 Å². The van der Waals surface area contributed by atoms with Gasteiger partial charge in [-0.25, -0.2) is 18.4 Å². The van der Waals surface area contributed by atoms with Crippen LogP contribution in [-0.4, -0.2) is 68.3 Å². The molecule has 5 aliphatic rings. The molecule has 3 fully saturated rings. The normalized spacial score (nSPS) is 39.5. The minimum atomic E-state index is -2.38. The molecule has 244 valence electrons. The molecule has 1 saturated heterocycles. The van der Waals surface area contributed by atoms with Crippen LogP contribution in [-0.2, 0) is 35.3 Å². The van der Waals surface area contributed by atoms with Gasteiger partial charge in [0.05, 0.1) is 18.4 Å². The van der Waals surface area contributed by atoms with Crippen LogP contribution in [0.15, 0.2) is 39.3 Å². The number of aromatic nitrogens is 2. The predicted octanol–water partition coefficient (Wildman–Crippen LogP) is 2.52. The van der Waals surface area contributed by atoms with Crippen molar-refractivity contribution in [3.63, 3.8) is 0 Å². The molecule has 8 atom stereocenters. The number of fused-ring (bicyclic) bond motifs is 7. The Hall–Kier alpha value is -3.56. The van der Waals surface area contributed by atoms with E-state index in [1.165, 1.54) is 19.1 Å². The van der Waals surface area contributed by atoms with Crippen molar-refractivity contribution in [3.8, 4) is 0 Å². The van der Waals surface area contributed by atoms with Crippen molar-refractivity contribution < 1.29 is 51.6 Å². The predicted molar refractivity (Wildman–Crippen MR) is 145 cm³/mol. The lowest BCUT2D eigenvalue weighted by Gasteiger charge is -2.62. The Bertz CT molecular complexity index is 1680. The Balaban J connectivity index is 1.28. The summed E-state index contributed by atoms with van der Waals surface area (Å²) in [4.78, 5) is 63.3. The monoisotopic (exact) mass is 638 g/mol. The maximum absolute atomic E-state index is 17.5. The van der Waals surface area contributed by atoms with Crippen LogP contribution in [0.5, 0.6) is 0 Å². The number of rotatable bonds is 5. The summed E-state index contributed by atoms with van der Waals surface area (Å²) in [7, 11) is 0. The highest BCUT2D eigenvalue weighted by atomic mass is 19.1. The second-order valence-corrected chi connectivity index (χ2v) is 13.4. The van der Waals surface area contributed by atoms with E-state index in [-0.39, 0.29) is 30.6 Å². The molecule has 45 heavy (non-hydrogen) atoms. The van der Waals surface area contributed by atoms with Gasteiger partial charge in [0.25, 0.3) is 5.56 Å². The molecule has 0 bridgehead atoms. The minimum Gasteiger partial charge on any atom is -0.426 e. The minimum absolute atomic E-state index is 0.00722. The summed E-state index contributed by atoms with van der Waals surface area (Å²) < 4.78 is 69.6. The fourth-order valence-electron chi connectivity index (χ4n) is 8.75. The number of Topliss-reactive ketones (excluding diaryl/α,β-unsaturated/α-hetero) is 1. The van der Waals surface area contributed by atoms with Gasteiger partial charge in [0.2, 0.25) is 11.6 Å². The average molecular weight is 639 g/mol. The van der Waals surface area contributed by atoms with Crippen LogP contribution in [0.3, 0.4) is 0 Å². The summed E-state index contributed by atoms with van der Waals surface area (Å²) in [5, 5.41) is 11.6. The summed E-state index contributed by atoms with van der Waals surface area (Å²) in [5.41, 5.74) is -9.45. The SMILES string of the molecule is CC1(C)OC2CC3C4CC(F)=C5CC(=O)C=CC5(C)C4(F)C(O)CC3(C)C2(C(=O)COC(=O)OCn2cc(F)c(=O)[nH]c2=O)O1. The van der Waals surface area contributed by atoms with Crippen molar-refractivity contribution in [3.05, 3.63) is 56.4 Å². The van der Waals surface area contributed by atoms with E-state index in [1.54, 1.807) is 25.8 Å². The van der Waals surface area contributed by atoms with Gasteiger partial charge >= 0.3 is 11.8 Å². The molecule has 0 aromatic carbocycles. The second-order valence-electron chi connectivity index (χ2n) is 13.4. The second kappa shape index (κ2) is 9.97. The fourth-order valence-corrected chi connectivity index (χ4v) is 8.75. The number of ketones is 2. The number of nitrogens with zero attached hydrogens (tertiary/aromatic N) is 1. The van der Waals surface area contributed by atoms with Gasteiger partial charge in [-0.1, -0.05) is 13.0 Å². The van der Waals surface area contributed by atoms with Crippen molar-refractivity contribution in [2.45, 2.75) is 89.4 Å². The molecule has 15 heteroatoms. The average Bonchev–Trinajstić information content (AvgIpc) is 3.37. The van der Waals surface area contributed by atoms with Gasteiger partial charge in [-0.3, -0.25) is 23.9 Å². The van der Waals surface area contributed by atoms with Crippen LogP contribution < -0.4 is 11.2 Å². The zero-order valence-corrected chi connectivity index (χ0v) is 25.0. The number of aromatic amines is 1. The Morgan fingerprint density at radius 1 is 1.13 bits per heavy atom. The molecule has 2 saturated carbocycles. The third-order valence-corrected chi connectivity index (χ3v) is 10.7. The van der Waals surface area contributed by atoms with Gasteiger partial charge in [-0.2, -0.15) is 4.39 Å². The first-order chi connectivity index (χ1) is 20.9. The summed E-state index contributed by atoms with van der Waals surface area (Å²) >= 11 is 0. The lowest BCUT2D eigenvalue weighted by Crippen LogP contribution is -2.70. The maximum Gasteiger partial charge on any atom is 0.510 e. The Labute approximate surface area is 254 Å². The lowest BCUT2D eigenvalue weighted by atomic mass is 9.45. The highest BCUT2D eigenvalue weighted by Crippen LogP contribution is 2.72. The van der Waals surface area contributed by atoms with E-state index in [2.05, 4.69) is 0 Å². The third kappa shape index (κ3) is 4.26. The number of alkyl halides is 1. The van der Waals surface area contributed by atoms with Crippen LogP contribution >= 0.6 is 0 Å². The number of carbonyl (C=O) groups excluding carboxylic acids is 3. The topological polar surface area (TPSA) is 163 Å². The largest absolute Gasteiger partial charge is 0.510 e. The summed E-state index contributed by atoms with van der Waals surface area (Å²) in [6, 6.07) is 0. The smallest absolute Gasteiger partial charge is 0.426 e. The number of hydrogen-bond acceptors (Lipinski definition) is 10. The number of H-pyrrole nitrogens is 1. The molecule has 0 amide bonds. The number of nitrogens with one attached hydrogen (secondary N) is 1. The van der Waals surface area contributed by atoms with Crippen molar-refractivity contribution in [2.75, 3.05) is 6.61 Å². The molecular formula is C30H33F3N2O10. The number of hydrogen-bond donors (Lipinski definition) is 2. The summed E-state index contributed by atoms with van der Waals surface area (Å²) in [5.74, 6) is -6.22. The summed E-state index contributed by atoms with van der Waals surface area (Å²) in [6.45, 7) is 4.53. The van der Waals surface area contributed by atoms with Crippen LogP contribution in [0.25, 0.3) is 0 Å². The van der Waals surface area contributed by atoms with Crippen LogP contribution in [0.1, 0.15) is 53.4 Å². The van der Waals surface area contributed by atoms with Crippen LogP contribution in [0, 0.1) is 28.5 Å². The maximum atomic E-state index is 17.5. The first-order valence-electron chi connectivity index (χ1n) is 14.6. The van der Waals surface area contributed by atoms with E-state index in [4.69, 9.17) is 18.9 Å². The molecular weight excluding hydrogens is 605 g/mol. The van der Waals surface area contributed by atoms with Gasteiger partial charge in [0, 0.05) is 29.6 Å². The zero-order valence-electron chi connectivity index (χ0n) is 25.0. The standard InChI is InChI=1S/C30H33F3N2O10/c1-26(2)44-22-9-15-16-8-18(31)17-7-14(36)5-6-27(17,3)29(16,33)20(37)10-28(15,4)30(22,45-26)21(38)12-42-25(41)43-13-35-11-19(32)23(39)34-24(35)40/h5-6,11,15-16,20,22,37H,7-10,12-13H2,1-4H3,(H,34,39,40). The number of carbonyl (C=O) groups is 3. The molecule has 0 radical (unpaired) electrons. The first kappa shape index (κ1) is 31.4. The summed E-state index contributed by atoms with van der Waals surface area (Å²) in [6.07, 6.45) is -1.92. The van der Waals surface area contributed by atoms with E-state index in [0.717, 1.165) is 0 Å². The quantitative estimate of drug-likeness (QED) is 0.458. The molecule has 2 heterocycles. The molecule has 1 aromatic heterocycles. The van der Waals surface area contributed by atoms with Gasteiger partial charge in [-0.05, 0) is 51.2 Å². The van der Waals surface area contributed by atoms with E-state index in [1.807, 2.05) is 0 Å². The van der Waals surface area contributed by atoms with E-state index in [9.17, 15) is 33.5 Å². The van der Waals surface area contributed by atoms with Crippen molar-refractivity contribution in [1.82, 2.24) is 9.55 Å². The Morgan fingerprint density at radius 3 is 2.56 bits per heavy atom. The molecule has 6 rings (SSSR count). The zero-order chi connectivity index (χ0) is 32.9. The van der Waals surface area contributed by atoms with Crippen molar-refractivity contribution >= 4 is 17.7 Å². The van der Waals surface area contributed by atoms with Gasteiger partial charge in [0.1, 0.15) is 5.83 Å². The lowest BCUT2D eigenvalue weighted by molar-refractivity contribution is -0.244. The molecule has 2 N–H and O–H groups in total. The molecule has 0 spiro atoms. The van der Waals surface area contributed by atoms with Crippen LogP contribution in [0.2, 0.25) is 0 Å². The van der Waals surface area contributed by atoms with E-state index < -0.39 is 107 Å². The number of aliphatic hydroxyl groups excluding tert-OH is 1. The van der Waals surface area contributed by atoms with Gasteiger partial charge in [0.15, 0.2) is 36.2 Å². The first-order valence-corrected chi connectivity index (χ1v) is 14.6. The van der Waals surface area contributed by atoms with Crippen molar-refractivity contribution in [1.29, 1.82) is 0 Å². The molecule has 12 nitrogen and oxygen atoms in total. The number of allylic oxidation sites excluding steroid dienone is 4. The molecule has 4 aliphatic carbocycles. The van der Waals surface area contributed by atoms with E-state index >= 15 is 8.78 Å². The third-order valence-electron chi connectivity index (χ3n) is 10.7. The Morgan fingerprint density at radius 2 is 1.84 bits per heavy atom.